The Kier molecular flexibility index (Phi) is 5.18. The molecule has 6 heteroatoms. The number of nitrogens with zero attached hydrogens (tertiary/aromatic N) is 2. The molecule has 0 radical (unpaired) electrons. The third-order valence-corrected chi connectivity index (χ3v) is 6.33. The summed E-state index contributed by atoms with van der Waals surface area (Å²) in [5.41, 5.74) is 3.48. The SMILES string of the molecule is N#Cc1cccc(F)c1Oc1cccc2c1C(=O)N(Cc1ccc(-c3cccs3)cc1)C2. The average molecular weight is 440 g/mol. The molecule has 1 aliphatic heterocycles. The van der Waals surface area contributed by atoms with Gasteiger partial charge in [0.1, 0.15) is 11.8 Å². The zero-order valence-electron chi connectivity index (χ0n) is 16.9. The van der Waals surface area contributed by atoms with Crippen molar-refractivity contribution in [2.24, 2.45) is 0 Å². The Morgan fingerprint density at radius 1 is 1.03 bits per heavy atom. The normalized spacial score (nSPS) is 12.5. The van der Waals surface area contributed by atoms with Gasteiger partial charge < -0.3 is 9.64 Å². The van der Waals surface area contributed by atoms with E-state index in [-0.39, 0.29) is 23.0 Å². The predicted octanol–water partition coefficient (Wildman–Crippen LogP) is 6.37. The van der Waals surface area contributed by atoms with Crippen LogP contribution in [0.4, 0.5) is 4.39 Å². The minimum absolute atomic E-state index is 0.0794. The molecule has 0 atom stereocenters. The summed E-state index contributed by atoms with van der Waals surface area (Å²) in [7, 11) is 0. The first-order valence-electron chi connectivity index (χ1n) is 10.0. The number of fused-ring (bicyclic) bond motifs is 1. The summed E-state index contributed by atoms with van der Waals surface area (Å²) in [5, 5.41) is 11.3. The molecule has 4 nitrogen and oxygen atoms in total. The molecule has 156 valence electrons. The highest BCUT2D eigenvalue weighted by molar-refractivity contribution is 7.13. The van der Waals surface area contributed by atoms with E-state index in [9.17, 15) is 14.4 Å². The van der Waals surface area contributed by atoms with Crippen molar-refractivity contribution in [1.82, 2.24) is 4.90 Å². The molecule has 1 aromatic heterocycles. The van der Waals surface area contributed by atoms with Crippen LogP contribution >= 0.6 is 11.3 Å². The van der Waals surface area contributed by atoms with Crippen molar-refractivity contribution in [2.75, 3.05) is 0 Å². The number of nitriles is 1. The minimum Gasteiger partial charge on any atom is -0.452 e. The van der Waals surface area contributed by atoms with Crippen molar-refractivity contribution in [3.63, 3.8) is 0 Å². The van der Waals surface area contributed by atoms with Crippen LogP contribution in [0, 0.1) is 17.1 Å². The van der Waals surface area contributed by atoms with Crippen LogP contribution in [0.25, 0.3) is 10.4 Å². The lowest BCUT2D eigenvalue weighted by Crippen LogP contribution is -2.23. The maximum Gasteiger partial charge on any atom is 0.258 e. The highest BCUT2D eigenvalue weighted by Crippen LogP contribution is 2.36. The van der Waals surface area contributed by atoms with Crippen molar-refractivity contribution in [3.05, 3.63) is 106 Å². The van der Waals surface area contributed by atoms with E-state index in [2.05, 4.69) is 18.2 Å². The van der Waals surface area contributed by atoms with E-state index in [1.54, 1.807) is 28.4 Å². The maximum atomic E-state index is 14.3. The highest BCUT2D eigenvalue weighted by atomic mass is 32.1. The minimum atomic E-state index is -0.644. The first kappa shape index (κ1) is 20.0. The molecule has 0 saturated heterocycles. The monoisotopic (exact) mass is 440 g/mol. The van der Waals surface area contributed by atoms with E-state index in [0.29, 0.717) is 18.7 Å². The van der Waals surface area contributed by atoms with Gasteiger partial charge in [0, 0.05) is 18.0 Å². The maximum absolute atomic E-state index is 14.3. The summed E-state index contributed by atoms with van der Waals surface area (Å²) in [6, 6.07) is 23.6. The molecular formula is C26H17FN2O2S. The fourth-order valence-corrected chi connectivity index (χ4v) is 4.58. The average Bonchev–Trinajstić information content (AvgIpc) is 3.45. The second-order valence-electron chi connectivity index (χ2n) is 7.46. The van der Waals surface area contributed by atoms with Gasteiger partial charge in [0.05, 0.1) is 11.1 Å². The molecular weight excluding hydrogens is 423 g/mol. The van der Waals surface area contributed by atoms with E-state index < -0.39 is 5.82 Å². The van der Waals surface area contributed by atoms with Crippen molar-refractivity contribution in [2.45, 2.75) is 13.1 Å². The van der Waals surface area contributed by atoms with Crippen LogP contribution < -0.4 is 4.74 Å². The standard InChI is InChI=1S/C26H17FN2O2S/c27-21-6-1-4-19(14-28)25(21)31-22-7-2-5-20-16-29(26(30)24(20)22)15-17-9-11-18(12-10-17)23-8-3-13-32-23/h1-13H,15-16H2. The number of amides is 1. The molecule has 3 aromatic carbocycles. The number of benzene rings is 3. The number of hydrogen-bond acceptors (Lipinski definition) is 4. The van der Waals surface area contributed by atoms with Crippen LogP contribution in [0.1, 0.15) is 27.0 Å². The van der Waals surface area contributed by atoms with Gasteiger partial charge in [-0.15, -0.1) is 11.3 Å². The number of halogens is 1. The van der Waals surface area contributed by atoms with Gasteiger partial charge >= 0.3 is 0 Å². The number of hydrogen-bond donors (Lipinski definition) is 0. The molecule has 0 saturated carbocycles. The number of rotatable bonds is 5. The fourth-order valence-electron chi connectivity index (χ4n) is 3.85. The summed E-state index contributed by atoms with van der Waals surface area (Å²) < 4.78 is 20.1. The number of thiophene rings is 1. The highest BCUT2D eigenvalue weighted by Gasteiger charge is 2.31. The van der Waals surface area contributed by atoms with Gasteiger partial charge in [0.2, 0.25) is 0 Å². The van der Waals surface area contributed by atoms with Crippen molar-refractivity contribution < 1.29 is 13.9 Å². The van der Waals surface area contributed by atoms with Crippen LogP contribution in [0.5, 0.6) is 11.5 Å². The molecule has 0 bridgehead atoms. The summed E-state index contributed by atoms with van der Waals surface area (Å²) in [6.45, 7) is 0.904. The zero-order chi connectivity index (χ0) is 22.1. The van der Waals surface area contributed by atoms with Crippen molar-refractivity contribution in [3.8, 4) is 28.0 Å². The number of ether oxygens (including phenoxy) is 1. The smallest absolute Gasteiger partial charge is 0.258 e. The second kappa shape index (κ2) is 8.29. The lowest BCUT2D eigenvalue weighted by molar-refractivity contribution is 0.0765. The number of carbonyl (C=O) groups is 1. The van der Waals surface area contributed by atoms with E-state index in [0.717, 1.165) is 16.7 Å². The first-order valence-corrected chi connectivity index (χ1v) is 10.9. The third-order valence-electron chi connectivity index (χ3n) is 5.41. The molecule has 0 spiro atoms. The van der Waals surface area contributed by atoms with Crippen LogP contribution in [-0.4, -0.2) is 10.8 Å². The molecule has 0 unspecified atom stereocenters. The van der Waals surface area contributed by atoms with E-state index in [1.807, 2.05) is 35.7 Å². The summed E-state index contributed by atoms with van der Waals surface area (Å²) in [4.78, 5) is 16.1. The Morgan fingerprint density at radius 3 is 2.59 bits per heavy atom. The largest absolute Gasteiger partial charge is 0.452 e. The van der Waals surface area contributed by atoms with Crippen molar-refractivity contribution >= 4 is 17.2 Å². The van der Waals surface area contributed by atoms with Gasteiger partial charge in [-0.2, -0.15) is 5.26 Å². The van der Waals surface area contributed by atoms with Crippen LogP contribution in [0.2, 0.25) is 0 Å². The van der Waals surface area contributed by atoms with Gasteiger partial charge in [-0.05, 0) is 46.3 Å². The Hall–Kier alpha value is -3.95. The molecule has 1 amide bonds. The molecule has 32 heavy (non-hydrogen) atoms. The molecule has 5 rings (SSSR count). The summed E-state index contributed by atoms with van der Waals surface area (Å²) in [6.07, 6.45) is 0. The van der Waals surface area contributed by atoms with Crippen LogP contribution in [0.3, 0.4) is 0 Å². The predicted molar refractivity (Wildman–Crippen MR) is 121 cm³/mol. The van der Waals surface area contributed by atoms with Crippen molar-refractivity contribution in [1.29, 1.82) is 5.26 Å². The molecule has 0 N–H and O–H groups in total. The lowest BCUT2D eigenvalue weighted by atomic mass is 10.1. The van der Waals surface area contributed by atoms with Gasteiger partial charge in [-0.25, -0.2) is 4.39 Å². The number of carbonyl (C=O) groups excluding carboxylic acids is 1. The number of para-hydroxylation sites is 1. The van der Waals surface area contributed by atoms with E-state index >= 15 is 0 Å². The van der Waals surface area contributed by atoms with Gasteiger partial charge in [-0.3, -0.25) is 4.79 Å². The Morgan fingerprint density at radius 2 is 1.84 bits per heavy atom. The molecule has 2 heterocycles. The lowest BCUT2D eigenvalue weighted by Gasteiger charge is -2.16. The fraction of sp³-hybridized carbons (Fsp3) is 0.0769. The first-order chi connectivity index (χ1) is 15.6. The summed E-state index contributed by atoms with van der Waals surface area (Å²) >= 11 is 1.69. The van der Waals surface area contributed by atoms with Gasteiger partial charge in [0.25, 0.3) is 5.91 Å². The van der Waals surface area contributed by atoms with Crippen LogP contribution in [0.15, 0.2) is 78.2 Å². The van der Waals surface area contributed by atoms with E-state index in [1.165, 1.54) is 23.1 Å². The zero-order valence-corrected chi connectivity index (χ0v) is 17.7. The molecule has 0 fully saturated rings. The Balaban J connectivity index is 1.38. The summed E-state index contributed by atoms with van der Waals surface area (Å²) in [5.74, 6) is -0.731. The molecule has 4 aromatic rings. The van der Waals surface area contributed by atoms with Gasteiger partial charge in [0.15, 0.2) is 11.6 Å². The van der Waals surface area contributed by atoms with Crippen LogP contribution in [-0.2, 0) is 13.1 Å². The molecule has 0 aliphatic carbocycles. The van der Waals surface area contributed by atoms with E-state index in [4.69, 9.17) is 4.74 Å². The van der Waals surface area contributed by atoms with Gasteiger partial charge in [-0.1, -0.05) is 48.5 Å². The third kappa shape index (κ3) is 3.64. The second-order valence-corrected chi connectivity index (χ2v) is 8.40. The quantitative estimate of drug-likeness (QED) is 0.362. The Bertz CT molecular complexity index is 1340. The molecule has 1 aliphatic rings. The topological polar surface area (TPSA) is 53.3 Å². The Labute approximate surface area is 188 Å².